The third-order valence-corrected chi connectivity index (χ3v) is 1.35. The first-order valence-corrected chi connectivity index (χ1v) is 3.81. The van der Waals surface area contributed by atoms with Gasteiger partial charge in [-0.25, -0.2) is 0 Å². The Balaban J connectivity index is 4.61. The van der Waals surface area contributed by atoms with Gasteiger partial charge >= 0.3 is 0 Å². The molecule has 2 heteroatoms. The Morgan fingerprint density at radius 3 is 2.08 bits per heavy atom. The Bertz CT molecular complexity index is 266. The van der Waals surface area contributed by atoms with Crippen molar-refractivity contribution in [1.82, 2.24) is 0 Å². The summed E-state index contributed by atoms with van der Waals surface area (Å²) < 4.78 is 0. The molecule has 0 spiro atoms. The van der Waals surface area contributed by atoms with Gasteiger partial charge in [0.25, 0.3) is 0 Å². The van der Waals surface area contributed by atoms with E-state index in [-0.39, 0.29) is 5.57 Å². The van der Waals surface area contributed by atoms with Crippen LogP contribution in [-0.4, -0.2) is 0 Å². The fourth-order valence-electron chi connectivity index (χ4n) is 0.621. The van der Waals surface area contributed by atoms with E-state index in [1.54, 1.807) is 6.92 Å². The highest BCUT2D eigenvalue weighted by molar-refractivity contribution is 5.43. The molecule has 0 aliphatic carbocycles. The maximum Gasteiger partial charge on any atom is 0.132 e. The highest BCUT2D eigenvalue weighted by atomic mass is 14.3. The van der Waals surface area contributed by atoms with Gasteiger partial charge in [-0.3, -0.25) is 0 Å². The Labute approximate surface area is 73.4 Å². The molecule has 0 atom stereocenters. The molecule has 0 radical (unpaired) electrons. The maximum absolute atomic E-state index is 8.50. The first-order chi connectivity index (χ1) is 5.61. The highest BCUT2D eigenvalue weighted by Gasteiger charge is 1.95. The molecule has 0 aliphatic heterocycles. The second-order valence-corrected chi connectivity index (χ2v) is 2.88. The van der Waals surface area contributed by atoms with Gasteiger partial charge in [-0.05, 0) is 18.4 Å². The van der Waals surface area contributed by atoms with Gasteiger partial charge in [0.1, 0.15) is 17.7 Å². The largest absolute Gasteiger partial charge is 0.192 e. The van der Waals surface area contributed by atoms with E-state index < -0.39 is 0 Å². The average molecular weight is 160 g/mol. The SMILES string of the molecule is CC(/C=C/C(C)C)=C(C#N)C#N. The second kappa shape index (κ2) is 5.16. The van der Waals surface area contributed by atoms with Gasteiger partial charge in [0.05, 0.1) is 0 Å². The molecule has 0 aromatic carbocycles. The summed E-state index contributed by atoms with van der Waals surface area (Å²) in [6, 6.07) is 3.68. The molecule has 0 unspecified atom stereocenters. The molecule has 0 fully saturated rings. The Morgan fingerprint density at radius 2 is 1.75 bits per heavy atom. The van der Waals surface area contributed by atoms with Crippen LogP contribution in [0.2, 0.25) is 0 Å². The molecular formula is C10H12N2. The summed E-state index contributed by atoms with van der Waals surface area (Å²) in [5, 5.41) is 17.0. The number of rotatable bonds is 2. The first-order valence-electron chi connectivity index (χ1n) is 3.81. The van der Waals surface area contributed by atoms with Crippen LogP contribution in [0.25, 0.3) is 0 Å². The maximum atomic E-state index is 8.50. The quantitative estimate of drug-likeness (QED) is 0.460. The van der Waals surface area contributed by atoms with E-state index in [0.717, 1.165) is 5.57 Å². The van der Waals surface area contributed by atoms with Crippen molar-refractivity contribution in [3.8, 4) is 12.1 Å². The van der Waals surface area contributed by atoms with E-state index in [0.29, 0.717) is 5.92 Å². The summed E-state index contributed by atoms with van der Waals surface area (Å²) in [4.78, 5) is 0. The van der Waals surface area contributed by atoms with Crippen LogP contribution >= 0.6 is 0 Å². The van der Waals surface area contributed by atoms with Gasteiger partial charge in [-0.1, -0.05) is 26.0 Å². The lowest BCUT2D eigenvalue weighted by Crippen LogP contribution is -1.81. The van der Waals surface area contributed by atoms with Gasteiger partial charge in [-0.15, -0.1) is 0 Å². The van der Waals surface area contributed by atoms with Crippen molar-refractivity contribution in [2.24, 2.45) is 5.92 Å². The van der Waals surface area contributed by atoms with Crippen LogP contribution < -0.4 is 0 Å². The van der Waals surface area contributed by atoms with Crippen molar-refractivity contribution in [2.45, 2.75) is 20.8 Å². The lowest BCUT2D eigenvalue weighted by atomic mass is 10.1. The third-order valence-electron chi connectivity index (χ3n) is 1.35. The molecule has 0 heterocycles. The van der Waals surface area contributed by atoms with Gasteiger partial charge in [-0.2, -0.15) is 10.5 Å². The molecule has 0 amide bonds. The van der Waals surface area contributed by atoms with E-state index in [1.807, 2.05) is 38.1 Å². The molecule has 0 aromatic rings. The van der Waals surface area contributed by atoms with E-state index in [9.17, 15) is 0 Å². The van der Waals surface area contributed by atoms with Crippen LogP contribution in [0.5, 0.6) is 0 Å². The molecule has 0 saturated carbocycles. The van der Waals surface area contributed by atoms with Crippen molar-refractivity contribution in [3.63, 3.8) is 0 Å². The topological polar surface area (TPSA) is 47.6 Å². The Hall–Kier alpha value is -1.54. The summed E-state index contributed by atoms with van der Waals surface area (Å²) in [5.41, 5.74) is 0.917. The van der Waals surface area contributed by atoms with E-state index >= 15 is 0 Å². The van der Waals surface area contributed by atoms with Gasteiger partial charge in [0.15, 0.2) is 0 Å². The van der Waals surface area contributed by atoms with E-state index in [4.69, 9.17) is 10.5 Å². The monoisotopic (exact) mass is 160 g/mol. The standard InChI is InChI=1S/C10H12N2/c1-8(2)4-5-9(3)10(6-11)7-12/h4-5,8H,1-3H3/b5-4+. The van der Waals surface area contributed by atoms with Gasteiger partial charge in [0, 0.05) is 0 Å². The van der Waals surface area contributed by atoms with Gasteiger partial charge < -0.3 is 0 Å². The molecule has 2 nitrogen and oxygen atoms in total. The average Bonchev–Trinajstić information content (AvgIpc) is 2.03. The van der Waals surface area contributed by atoms with Crippen LogP contribution in [-0.2, 0) is 0 Å². The smallest absolute Gasteiger partial charge is 0.132 e. The number of hydrogen-bond donors (Lipinski definition) is 0. The fraction of sp³-hybridized carbons (Fsp3) is 0.400. The minimum Gasteiger partial charge on any atom is -0.192 e. The van der Waals surface area contributed by atoms with Crippen LogP contribution in [0.1, 0.15) is 20.8 Å². The third kappa shape index (κ3) is 3.58. The Kier molecular flexibility index (Phi) is 4.49. The normalized spacial score (nSPS) is 9.50. The molecule has 12 heavy (non-hydrogen) atoms. The minimum atomic E-state index is 0.187. The number of nitriles is 2. The second-order valence-electron chi connectivity index (χ2n) is 2.88. The molecule has 0 bridgehead atoms. The molecule has 62 valence electrons. The lowest BCUT2D eigenvalue weighted by molar-refractivity contribution is 0.830. The van der Waals surface area contributed by atoms with Crippen LogP contribution in [0.3, 0.4) is 0 Å². The molecular weight excluding hydrogens is 148 g/mol. The summed E-state index contributed by atoms with van der Waals surface area (Å²) >= 11 is 0. The van der Waals surface area contributed by atoms with Crippen molar-refractivity contribution >= 4 is 0 Å². The first kappa shape index (κ1) is 10.5. The molecule has 0 aromatic heterocycles. The van der Waals surface area contributed by atoms with Crippen molar-refractivity contribution < 1.29 is 0 Å². The summed E-state index contributed by atoms with van der Waals surface area (Å²) in [7, 11) is 0. The predicted molar refractivity (Wildman–Crippen MR) is 47.9 cm³/mol. The fourth-order valence-corrected chi connectivity index (χ4v) is 0.621. The number of hydrogen-bond acceptors (Lipinski definition) is 2. The zero-order valence-electron chi connectivity index (χ0n) is 7.63. The molecule has 0 saturated heterocycles. The number of allylic oxidation sites excluding steroid dienone is 4. The van der Waals surface area contributed by atoms with Crippen molar-refractivity contribution in [2.75, 3.05) is 0 Å². The van der Waals surface area contributed by atoms with E-state index in [2.05, 4.69) is 0 Å². The Morgan fingerprint density at radius 1 is 1.25 bits per heavy atom. The van der Waals surface area contributed by atoms with E-state index in [1.165, 1.54) is 0 Å². The zero-order valence-corrected chi connectivity index (χ0v) is 7.63. The number of nitrogens with zero attached hydrogens (tertiary/aromatic N) is 2. The molecule has 0 aliphatic rings. The van der Waals surface area contributed by atoms with Gasteiger partial charge in [0.2, 0.25) is 0 Å². The summed E-state index contributed by atoms with van der Waals surface area (Å²) in [6.45, 7) is 5.85. The van der Waals surface area contributed by atoms with Crippen LogP contribution in [0.4, 0.5) is 0 Å². The van der Waals surface area contributed by atoms with Crippen LogP contribution in [0.15, 0.2) is 23.3 Å². The van der Waals surface area contributed by atoms with Crippen molar-refractivity contribution in [3.05, 3.63) is 23.3 Å². The predicted octanol–water partition coefficient (Wildman–Crippen LogP) is 2.56. The molecule has 0 N–H and O–H groups in total. The lowest BCUT2D eigenvalue weighted by Gasteiger charge is -1.94. The molecule has 0 rings (SSSR count). The highest BCUT2D eigenvalue weighted by Crippen LogP contribution is 2.05. The van der Waals surface area contributed by atoms with Crippen LogP contribution in [0, 0.1) is 28.6 Å². The minimum absolute atomic E-state index is 0.187. The van der Waals surface area contributed by atoms with Crippen molar-refractivity contribution in [1.29, 1.82) is 10.5 Å². The summed E-state index contributed by atoms with van der Waals surface area (Å²) in [5.74, 6) is 0.443. The summed E-state index contributed by atoms with van der Waals surface area (Å²) in [6.07, 6.45) is 3.77. The zero-order chi connectivity index (χ0) is 9.56.